The average Bonchev–Trinajstić information content (AvgIpc) is 3.48. The molecule has 5 rings (SSSR count). The number of hydrogen-bond acceptors (Lipinski definition) is 5. The number of para-hydroxylation sites is 1. The summed E-state index contributed by atoms with van der Waals surface area (Å²) in [5.74, 6) is 1.99. The van der Waals surface area contributed by atoms with Crippen molar-refractivity contribution in [2.24, 2.45) is 0 Å². The van der Waals surface area contributed by atoms with Crippen molar-refractivity contribution >= 4 is 17.2 Å². The molecule has 0 unspecified atom stereocenters. The van der Waals surface area contributed by atoms with Gasteiger partial charge in [-0.05, 0) is 56.4 Å². The Morgan fingerprint density at radius 3 is 2.61 bits per heavy atom. The quantitative estimate of drug-likeness (QED) is 0.634. The molecule has 1 aromatic carbocycles. The van der Waals surface area contributed by atoms with E-state index in [4.69, 9.17) is 14.8 Å². The fourth-order valence-electron chi connectivity index (χ4n) is 4.56. The number of likely N-dealkylation sites (tertiary alicyclic amines) is 1. The third-order valence-electron chi connectivity index (χ3n) is 6.46. The van der Waals surface area contributed by atoms with Gasteiger partial charge in [0.25, 0.3) is 5.91 Å². The van der Waals surface area contributed by atoms with Crippen molar-refractivity contribution in [1.82, 2.24) is 19.5 Å². The molecule has 0 saturated carbocycles. The van der Waals surface area contributed by atoms with Crippen LogP contribution in [0.3, 0.4) is 0 Å². The van der Waals surface area contributed by atoms with E-state index >= 15 is 0 Å². The molecule has 0 aliphatic carbocycles. The highest BCUT2D eigenvalue weighted by molar-refractivity contribution is 5.78. The number of piperidine rings is 1. The lowest BCUT2D eigenvalue weighted by Crippen LogP contribution is -2.40. The zero-order valence-electron chi connectivity index (χ0n) is 18.0. The van der Waals surface area contributed by atoms with Crippen LogP contribution in [-0.4, -0.2) is 58.2 Å². The van der Waals surface area contributed by atoms with Crippen LogP contribution in [0.1, 0.15) is 43.0 Å². The van der Waals surface area contributed by atoms with Gasteiger partial charge in [-0.25, -0.2) is 9.50 Å². The molecule has 0 atom stereocenters. The van der Waals surface area contributed by atoms with Gasteiger partial charge in [0.05, 0.1) is 11.9 Å². The fourth-order valence-corrected chi connectivity index (χ4v) is 4.56. The molecule has 0 radical (unpaired) electrons. The zero-order chi connectivity index (χ0) is 21.2. The largest absolute Gasteiger partial charge is 0.484 e. The summed E-state index contributed by atoms with van der Waals surface area (Å²) in [7, 11) is 0. The van der Waals surface area contributed by atoms with Gasteiger partial charge < -0.3 is 14.5 Å². The van der Waals surface area contributed by atoms with Crippen molar-refractivity contribution in [3.05, 3.63) is 54.0 Å². The molecule has 2 saturated heterocycles. The monoisotopic (exact) mass is 419 g/mol. The molecule has 2 aliphatic rings. The van der Waals surface area contributed by atoms with Crippen LogP contribution >= 0.6 is 0 Å². The molecule has 3 aromatic rings. The number of anilines is 1. The first kappa shape index (κ1) is 19.8. The molecule has 1 amide bonds. The first-order chi connectivity index (χ1) is 15.2. The molecule has 31 heavy (non-hydrogen) atoms. The molecule has 2 aromatic heterocycles. The topological polar surface area (TPSA) is 63.0 Å². The number of hydrogen-bond donors (Lipinski definition) is 0. The van der Waals surface area contributed by atoms with Crippen LogP contribution in [0, 0.1) is 6.92 Å². The molecule has 0 N–H and O–H groups in total. The van der Waals surface area contributed by atoms with Crippen molar-refractivity contribution in [3.8, 4) is 5.75 Å². The molecule has 0 spiro atoms. The summed E-state index contributed by atoms with van der Waals surface area (Å²) >= 11 is 0. The molecule has 2 fully saturated rings. The maximum Gasteiger partial charge on any atom is 0.260 e. The van der Waals surface area contributed by atoms with Gasteiger partial charge in [0.15, 0.2) is 18.1 Å². The van der Waals surface area contributed by atoms with Crippen molar-refractivity contribution in [2.75, 3.05) is 37.7 Å². The lowest BCUT2D eigenvalue weighted by atomic mass is 9.96. The number of aryl methyl sites for hydroxylation is 1. The number of carbonyl (C=O) groups excluding carboxylic acids is 1. The van der Waals surface area contributed by atoms with Crippen LogP contribution in [0.5, 0.6) is 5.75 Å². The highest BCUT2D eigenvalue weighted by Crippen LogP contribution is 2.27. The minimum Gasteiger partial charge on any atom is -0.484 e. The predicted molar refractivity (Wildman–Crippen MR) is 120 cm³/mol. The number of nitrogens with zero attached hydrogens (tertiary/aromatic N) is 5. The highest BCUT2D eigenvalue weighted by atomic mass is 16.5. The van der Waals surface area contributed by atoms with E-state index in [1.165, 1.54) is 18.5 Å². The van der Waals surface area contributed by atoms with E-state index in [9.17, 15) is 4.79 Å². The highest BCUT2D eigenvalue weighted by Gasteiger charge is 2.27. The molecule has 4 heterocycles. The SMILES string of the molecule is Cc1ccccc1OCC(=O)N1CCC(c2nc3ccc(N4CCCC4)cn3n2)CC1. The van der Waals surface area contributed by atoms with Crippen molar-refractivity contribution < 1.29 is 9.53 Å². The zero-order valence-corrected chi connectivity index (χ0v) is 18.0. The fraction of sp³-hybridized carbons (Fsp3) is 0.458. The maximum absolute atomic E-state index is 12.6. The number of rotatable bonds is 5. The van der Waals surface area contributed by atoms with Gasteiger partial charge in [-0.3, -0.25) is 4.79 Å². The second-order valence-electron chi connectivity index (χ2n) is 8.56. The molecular formula is C24H29N5O2. The maximum atomic E-state index is 12.6. The number of aromatic nitrogens is 3. The van der Waals surface area contributed by atoms with Crippen LogP contribution in [0.25, 0.3) is 5.65 Å². The predicted octanol–water partition coefficient (Wildman–Crippen LogP) is 3.42. The number of fused-ring (bicyclic) bond motifs is 1. The molecule has 7 nitrogen and oxygen atoms in total. The smallest absolute Gasteiger partial charge is 0.260 e. The Kier molecular flexibility index (Phi) is 5.49. The molecule has 0 bridgehead atoms. The van der Waals surface area contributed by atoms with Gasteiger partial charge in [-0.15, -0.1) is 0 Å². The summed E-state index contributed by atoms with van der Waals surface area (Å²) in [5.41, 5.74) is 3.15. The Morgan fingerprint density at radius 2 is 1.84 bits per heavy atom. The van der Waals surface area contributed by atoms with E-state index < -0.39 is 0 Å². The minimum atomic E-state index is 0.0416. The van der Waals surface area contributed by atoms with Crippen LogP contribution in [0.4, 0.5) is 5.69 Å². The molecule has 162 valence electrons. The van der Waals surface area contributed by atoms with Crippen LogP contribution in [-0.2, 0) is 4.79 Å². The Morgan fingerprint density at radius 1 is 1.06 bits per heavy atom. The molecule has 2 aliphatic heterocycles. The minimum absolute atomic E-state index is 0.0416. The van der Waals surface area contributed by atoms with Gasteiger partial charge in [0.2, 0.25) is 0 Å². The number of carbonyl (C=O) groups is 1. The lowest BCUT2D eigenvalue weighted by molar-refractivity contribution is -0.134. The summed E-state index contributed by atoms with van der Waals surface area (Å²) in [5, 5.41) is 4.77. The second kappa shape index (κ2) is 8.57. The van der Waals surface area contributed by atoms with E-state index in [0.29, 0.717) is 0 Å². The third-order valence-corrected chi connectivity index (χ3v) is 6.46. The van der Waals surface area contributed by atoms with E-state index in [-0.39, 0.29) is 18.4 Å². The van der Waals surface area contributed by atoms with Gasteiger partial charge in [-0.2, -0.15) is 5.10 Å². The van der Waals surface area contributed by atoms with E-state index in [1.54, 1.807) is 0 Å². The number of pyridine rings is 1. The standard InChI is InChI=1S/C24H29N5O2/c1-18-6-2-3-7-21(18)31-17-23(30)28-14-10-19(11-15-28)24-25-22-9-8-20(16-29(22)26-24)27-12-4-5-13-27/h2-3,6-9,16,19H,4-5,10-15,17H2,1H3. The summed E-state index contributed by atoms with van der Waals surface area (Å²) < 4.78 is 7.65. The van der Waals surface area contributed by atoms with E-state index in [1.807, 2.05) is 40.6 Å². The number of amides is 1. The Balaban J connectivity index is 1.18. The second-order valence-corrected chi connectivity index (χ2v) is 8.56. The first-order valence-electron chi connectivity index (χ1n) is 11.2. The normalized spacial score (nSPS) is 17.5. The Labute approximate surface area is 182 Å². The van der Waals surface area contributed by atoms with Gasteiger partial charge in [0, 0.05) is 32.1 Å². The first-order valence-corrected chi connectivity index (χ1v) is 11.2. The number of ether oxygens (including phenoxy) is 1. The van der Waals surface area contributed by atoms with Crippen molar-refractivity contribution in [3.63, 3.8) is 0 Å². The van der Waals surface area contributed by atoms with Crippen molar-refractivity contribution in [1.29, 1.82) is 0 Å². The molecular weight excluding hydrogens is 390 g/mol. The van der Waals surface area contributed by atoms with Crippen molar-refractivity contribution in [2.45, 2.75) is 38.5 Å². The summed E-state index contributed by atoms with van der Waals surface area (Å²) in [6.07, 6.45) is 6.37. The average molecular weight is 420 g/mol. The number of benzene rings is 1. The van der Waals surface area contributed by atoms with Gasteiger partial charge in [-0.1, -0.05) is 18.2 Å². The van der Waals surface area contributed by atoms with Gasteiger partial charge >= 0.3 is 0 Å². The summed E-state index contributed by atoms with van der Waals surface area (Å²) in [4.78, 5) is 21.7. The van der Waals surface area contributed by atoms with Crippen LogP contribution in [0.15, 0.2) is 42.6 Å². The van der Waals surface area contributed by atoms with E-state index in [2.05, 4.69) is 23.2 Å². The lowest BCUT2D eigenvalue weighted by Gasteiger charge is -2.30. The van der Waals surface area contributed by atoms with Crippen LogP contribution < -0.4 is 9.64 Å². The van der Waals surface area contributed by atoms with Crippen LogP contribution in [0.2, 0.25) is 0 Å². The third kappa shape index (κ3) is 4.22. The summed E-state index contributed by atoms with van der Waals surface area (Å²) in [6, 6.07) is 12.0. The van der Waals surface area contributed by atoms with E-state index in [0.717, 1.165) is 61.8 Å². The van der Waals surface area contributed by atoms with Gasteiger partial charge in [0.1, 0.15) is 5.75 Å². The Hall–Kier alpha value is -3.09. The molecule has 7 heteroatoms. The summed E-state index contributed by atoms with van der Waals surface area (Å²) in [6.45, 7) is 5.74. The Bertz CT molecular complexity index is 1060.